The first-order chi connectivity index (χ1) is 9.83. The summed E-state index contributed by atoms with van der Waals surface area (Å²) in [6.07, 6.45) is 1.64. The highest BCUT2D eigenvalue weighted by molar-refractivity contribution is 7.89. The van der Waals surface area contributed by atoms with E-state index >= 15 is 0 Å². The van der Waals surface area contributed by atoms with Crippen molar-refractivity contribution < 1.29 is 8.42 Å². The minimum absolute atomic E-state index is 0.0811. The molecule has 114 valence electrons. The second kappa shape index (κ2) is 6.08. The Kier molecular flexibility index (Phi) is 4.78. The second-order valence-corrected chi connectivity index (χ2v) is 7.40. The van der Waals surface area contributed by atoms with Gasteiger partial charge in [0.1, 0.15) is 0 Å². The Morgan fingerprint density at radius 1 is 1.24 bits per heavy atom. The third kappa shape index (κ3) is 3.31. The highest BCUT2D eigenvalue weighted by Crippen LogP contribution is 2.25. The van der Waals surface area contributed by atoms with E-state index < -0.39 is 15.6 Å². The average Bonchev–Trinajstić information content (AvgIpc) is 2.47. The van der Waals surface area contributed by atoms with Crippen LogP contribution in [0.2, 0.25) is 0 Å². The predicted octanol–water partition coefficient (Wildman–Crippen LogP) is 3.06. The number of nitrogens with zero attached hydrogens (tertiary/aromatic N) is 1. The van der Waals surface area contributed by atoms with Crippen LogP contribution in [0.25, 0.3) is 10.9 Å². The number of pyridine rings is 1. The van der Waals surface area contributed by atoms with E-state index in [9.17, 15) is 8.42 Å². The molecule has 0 aliphatic rings. The van der Waals surface area contributed by atoms with Gasteiger partial charge in [0.05, 0.1) is 16.0 Å². The Morgan fingerprint density at radius 2 is 1.90 bits per heavy atom. The van der Waals surface area contributed by atoms with Gasteiger partial charge in [0.25, 0.3) is 0 Å². The van der Waals surface area contributed by atoms with Gasteiger partial charge in [-0.2, -0.15) is 0 Å². The van der Waals surface area contributed by atoms with E-state index in [-0.39, 0.29) is 16.7 Å². The van der Waals surface area contributed by atoms with Gasteiger partial charge in [-0.3, -0.25) is 4.98 Å². The van der Waals surface area contributed by atoms with Crippen molar-refractivity contribution >= 4 is 44.1 Å². The van der Waals surface area contributed by atoms with Crippen LogP contribution in [0.15, 0.2) is 35.4 Å². The summed E-state index contributed by atoms with van der Waals surface area (Å²) in [6, 6.07) is 6.76. The molecule has 0 aliphatic heterocycles. The van der Waals surface area contributed by atoms with Gasteiger partial charge in [-0.25, -0.2) is 13.1 Å². The minimum atomic E-state index is -3.74. The smallest absolute Gasteiger partial charge is 0.241 e. The molecule has 4 nitrogen and oxygen atoms in total. The van der Waals surface area contributed by atoms with Crippen molar-refractivity contribution in [2.24, 2.45) is 0 Å². The molecule has 1 aromatic heterocycles. The molecule has 0 amide bonds. The summed E-state index contributed by atoms with van der Waals surface area (Å²) in [7, 11) is -3.74. The standard InChI is InChI=1S/C14H16Cl2N2O2S/c1-10-5-6-12(11-4-3-7-17-13(10)11)21(19,20)18-14(2,8-15)9-16/h3-7,18H,8-9H2,1-2H3. The summed E-state index contributed by atoms with van der Waals surface area (Å²) in [5.74, 6) is 0.162. The number of aryl methyl sites for hydroxylation is 1. The number of hydrogen-bond donors (Lipinski definition) is 1. The fourth-order valence-corrected chi connectivity index (χ4v) is 4.17. The van der Waals surface area contributed by atoms with Crippen molar-refractivity contribution in [3.63, 3.8) is 0 Å². The third-order valence-corrected chi connectivity index (χ3v) is 6.07. The van der Waals surface area contributed by atoms with Gasteiger partial charge in [0, 0.05) is 23.3 Å². The molecule has 1 heterocycles. The van der Waals surface area contributed by atoms with Crippen molar-refractivity contribution in [1.29, 1.82) is 0 Å². The SMILES string of the molecule is Cc1ccc(S(=O)(=O)NC(C)(CCl)CCl)c2cccnc12. The first-order valence-corrected chi connectivity index (χ1v) is 8.88. The lowest BCUT2D eigenvalue weighted by Gasteiger charge is -2.25. The van der Waals surface area contributed by atoms with E-state index in [1.165, 1.54) is 0 Å². The van der Waals surface area contributed by atoms with Gasteiger partial charge in [0.15, 0.2) is 0 Å². The van der Waals surface area contributed by atoms with Crippen LogP contribution in [0.1, 0.15) is 12.5 Å². The van der Waals surface area contributed by atoms with Crippen LogP contribution < -0.4 is 4.72 Å². The zero-order chi connectivity index (χ0) is 15.7. The molecule has 0 spiro atoms. The van der Waals surface area contributed by atoms with Crippen LogP contribution in [0, 0.1) is 6.92 Å². The van der Waals surface area contributed by atoms with Crippen LogP contribution in [-0.4, -0.2) is 30.7 Å². The number of hydrogen-bond acceptors (Lipinski definition) is 3. The van der Waals surface area contributed by atoms with Crippen LogP contribution in [0.4, 0.5) is 0 Å². The largest absolute Gasteiger partial charge is 0.256 e. The first-order valence-electron chi connectivity index (χ1n) is 6.33. The lowest BCUT2D eigenvalue weighted by atomic mass is 10.1. The van der Waals surface area contributed by atoms with Crippen LogP contribution in [-0.2, 0) is 10.0 Å². The molecule has 0 fully saturated rings. The molecular weight excluding hydrogens is 331 g/mol. The maximum absolute atomic E-state index is 12.6. The maximum Gasteiger partial charge on any atom is 0.241 e. The van der Waals surface area contributed by atoms with Crippen LogP contribution in [0.3, 0.4) is 0 Å². The van der Waals surface area contributed by atoms with Gasteiger partial charge in [-0.15, -0.1) is 23.2 Å². The molecule has 0 saturated carbocycles. The summed E-state index contributed by atoms with van der Waals surface area (Å²) >= 11 is 11.6. The van der Waals surface area contributed by atoms with E-state index in [0.717, 1.165) is 5.56 Å². The molecular formula is C14H16Cl2N2O2S. The van der Waals surface area contributed by atoms with Crippen LogP contribution in [0.5, 0.6) is 0 Å². The summed E-state index contributed by atoms with van der Waals surface area (Å²) in [5, 5.41) is 0.580. The maximum atomic E-state index is 12.6. The molecule has 1 N–H and O–H groups in total. The normalized spacial score (nSPS) is 12.8. The Hall–Kier alpha value is -0.880. The zero-order valence-electron chi connectivity index (χ0n) is 11.7. The molecule has 0 saturated heterocycles. The molecule has 2 rings (SSSR count). The number of alkyl halides is 2. The quantitative estimate of drug-likeness (QED) is 0.846. The summed E-state index contributed by atoms with van der Waals surface area (Å²) < 4.78 is 27.8. The van der Waals surface area contributed by atoms with Gasteiger partial charge in [-0.05, 0) is 37.6 Å². The fraction of sp³-hybridized carbons (Fsp3) is 0.357. The molecule has 0 aliphatic carbocycles. The van der Waals surface area contributed by atoms with E-state index in [4.69, 9.17) is 23.2 Å². The van der Waals surface area contributed by atoms with Crippen molar-refractivity contribution in [3.8, 4) is 0 Å². The Morgan fingerprint density at radius 3 is 2.52 bits per heavy atom. The average molecular weight is 347 g/mol. The number of benzene rings is 1. The van der Waals surface area contributed by atoms with E-state index in [1.807, 2.05) is 6.92 Å². The van der Waals surface area contributed by atoms with E-state index in [1.54, 1.807) is 37.4 Å². The summed E-state index contributed by atoms with van der Waals surface area (Å²) in [4.78, 5) is 4.43. The fourth-order valence-electron chi connectivity index (χ4n) is 1.99. The van der Waals surface area contributed by atoms with Gasteiger partial charge in [0.2, 0.25) is 10.0 Å². The molecule has 1 aromatic carbocycles. The number of sulfonamides is 1. The Balaban J connectivity index is 2.59. The Bertz CT molecular complexity index is 759. The monoisotopic (exact) mass is 346 g/mol. The minimum Gasteiger partial charge on any atom is -0.256 e. The zero-order valence-corrected chi connectivity index (χ0v) is 14.1. The van der Waals surface area contributed by atoms with Crippen molar-refractivity contribution in [2.75, 3.05) is 11.8 Å². The van der Waals surface area contributed by atoms with E-state index in [2.05, 4.69) is 9.71 Å². The number of nitrogens with one attached hydrogen (secondary N) is 1. The van der Waals surface area contributed by atoms with Gasteiger partial charge in [-0.1, -0.05) is 6.07 Å². The first kappa shape index (κ1) is 16.5. The number of aromatic nitrogens is 1. The molecule has 0 atom stereocenters. The molecule has 0 radical (unpaired) electrons. The second-order valence-electron chi connectivity index (χ2n) is 5.21. The van der Waals surface area contributed by atoms with Crippen molar-refractivity contribution in [3.05, 3.63) is 36.0 Å². The lowest BCUT2D eigenvalue weighted by molar-refractivity contribution is 0.501. The number of fused-ring (bicyclic) bond motifs is 1. The molecule has 0 bridgehead atoms. The van der Waals surface area contributed by atoms with Crippen molar-refractivity contribution in [1.82, 2.24) is 9.71 Å². The van der Waals surface area contributed by atoms with Gasteiger partial charge >= 0.3 is 0 Å². The Labute approximate surface area is 134 Å². The van der Waals surface area contributed by atoms with E-state index in [0.29, 0.717) is 10.9 Å². The lowest BCUT2D eigenvalue weighted by Crippen LogP contribution is -2.49. The highest BCUT2D eigenvalue weighted by atomic mass is 35.5. The number of halogens is 2. The molecule has 0 unspecified atom stereocenters. The molecule has 2 aromatic rings. The number of rotatable bonds is 5. The predicted molar refractivity (Wildman–Crippen MR) is 86.6 cm³/mol. The highest BCUT2D eigenvalue weighted by Gasteiger charge is 2.30. The molecule has 21 heavy (non-hydrogen) atoms. The van der Waals surface area contributed by atoms with Crippen LogP contribution >= 0.6 is 23.2 Å². The topological polar surface area (TPSA) is 59.1 Å². The third-order valence-electron chi connectivity index (χ3n) is 3.19. The van der Waals surface area contributed by atoms with Crippen molar-refractivity contribution in [2.45, 2.75) is 24.3 Å². The van der Waals surface area contributed by atoms with Gasteiger partial charge < -0.3 is 0 Å². The molecule has 7 heteroatoms. The summed E-state index contributed by atoms with van der Waals surface area (Å²) in [5.41, 5.74) is 0.683. The summed E-state index contributed by atoms with van der Waals surface area (Å²) in [6.45, 7) is 3.56.